The minimum Gasteiger partial charge on any atom is -0.389 e. The Bertz CT molecular complexity index is 360. The molecule has 3 heteroatoms. The molecule has 1 aliphatic rings. The van der Waals surface area contributed by atoms with Gasteiger partial charge in [0.25, 0.3) is 0 Å². The molecule has 0 aliphatic carbocycles. The molecule has 0 fully saturated rings. The summed E-state index contributed by atoms with van der Waals surface area (Å²) in [5, 5.41) is 9.75. The highest BCUT2D eigenvalue weighted by atomic mass is 16.3. The fourth-order valence-corrected chi connectivity index (χ4v) is 2.19. The van der Waals surface area contributed by atoms with E-state index >= 15 is 0 Å². The second kappa shape index (κ2) is 4.44. The summed E-state index contributed by atoms with van der Waals surface area (Å²) < 4.78 is 0. The van der Waals surface area contributed by atoms with Gasteiger partial charge < -0.3 is 10.1 Å². The number of nitrogens with one attached hydrogen (secondary N) is 1. The molecule has 1 aliphatic heterocycles. The maximum atomic E-state index is 9.75. The molecule has 0 saturated carbocycles. The van der Waals surface area contributed by atoms with Crippen molar-refractivity contribution in [1.29, 1.82) is 0 Å². The zero-order valence-corrected chi connectivity index (χ0v) is 10.0. The molecule has 0 unspecified atom stereocenters. The van der Waals surface area contributed by atoms with Crippen molar-refractivity contribution in [2.45, 2.75) is 25.9 Å². The van der Waals surface area contributed by atoms with E-state index in [1.165, 1.54) is 11.1 Å². The molecular formula is C13H20N2O. The first-order valence-corrected chi connectivity index (χ1v) is 5.81. The Kier molecular flexibility index (Phi) is 3.17. The van der Waals surface area contributed by atoms with Crippen LogP contribution in [0.2, 0.25) is 0 Å². The van der Waals surface area contributed by atoms with Gasteiger partial charge in [-0.25, -0.2) is 0 Å². The Morgan fingerprint density at radius 1 is 1.50 bits per heavy atom. The fourth-order valence-electron chi connectivity index (χ4n) is 2.19. The van der Waals surface area contributed by atoms with Gasteiger partial charge in [0.15, 0.2) is 0 Å². The lowest BCUT2D eigenvalue weighted by atomic mass is 10.0. The zero-order valence-electron chi connectivity index (χ0n) is 10.0. The summed E-state index contributed by atoms with van der Waals surface area (Å²) >= 11 is 0. The summed E-state index contributed by atoms with van der Waals surface area (Å²) in [6.07, 6.45) is 7.32. The Morgan fingerprint density at radius 3 is 2.81 bits per heavy atom. The van der Waals surface area contributed by atoms with Crippen molar-refractivity contribution < 1.29 is 5.11 Å². The van der Waals surface area contributed by atoms with Crippen molar-refractivity contribution in [1.82, 2.24) is 9.88 Å². The molecule has 1 aromatic rings. The first kappa shape index (κ1) is 11.4. The van der Waals surface area contributed by atoms with Gasteiger partial charge >= 0.3 is 0 Å². The van der Waals surface area contributed by atoms with Gasteiger partial charge in [-0.15, -0.1) is 0 Å². The van der Waals surface area contributed by atoms with E-state index in [1.54, 1.807) is 0 Å². The minimum atomic E-state index is -0.598. The van der Waals surface area contributed by atoms with Gasteiger partial charge in [0, 0.05) is 32.0 Å². The van der Waals surface area contributed by atoms with Crippen LogP contribution in [0.1, 0.15) is 25.8 Å². The van der Waals surface area contributed by atoms with Crippen LogP contribution in [0.4, 0.5) is 0 Å². The molecule has 3 nitrogen and oxygen atoms in total. The van der Waals surface area contributed by atoms with Crippen molar-refractivity contribution in [3.05, 3.63) is 30.1 Å². The van der Waals surface area contributed by atoms with Crippen LogP contribution < -0.4 is 0 Å². The number of hydrogen-bond acceptors (Lipinski definition) is 2. The molecule has 0 aromatic carbocycles. The lowest BCUT2D eigenvalue weighted by molar-refractivity contribution is 0.0397. The summed E-state index contributed by atoms with van der Waals surface area (Å²) in [7, 11) is 0. The average molecular weight is 220 g/mol. The minimum absolute atomic E-state index is 0.598. The van der Waals surface area contributed by atoms with Crippen molar-refractivity contribution in [2.75, 3.05) is 19.6 Å². The van der Waals surface area contributed by atoms with E-state index in [4.69, 9.17) is 0 Å². The van der Waals surface area contributed by atoms with E-state index in [9.17, 15) is 5.11 Å². The van der Waals surface area contributed by atoms with Gasteiger partial charge in [-0.2, -0.15) is 0 Å². The van der Waals surface area contributed by atoms with E-state index in [-0.39, 0.29) is 0 Å². The molecule has 2 heterocycles. The van der Waals surface area contributed by atoms with Gasteiger partial charge in [-0.05, 0) is 37.5 Å². The molecule has 0 atom stereocenters. The average Bonchev–Trinajstić information content (AvgIpc) is 2.69. The van der Waals surface area contributed by atoms with Crippen molar-refractivity contribution >= 4 is 5.57 Å². The normalized spacial score (nSPS) is 18.6. The number of β-amino-alcohol motifs (C(OH)–C–C–N with tert-alkyl or cyclic N) is 1. The molecule has 0 radical (unpaired) electrons. The maximum Gasteiger partial charge on any atom is 0.0718 e. The van der Waals surface area contributed by atoms with Crippen molar-refractivity contribution in [2.24, 2.45) is 0 Å². The number of nitrogens with zero attached hydrogens (tertiary/aromatic N) is 1. The molecule has 1 aromatic heterocycles. The monoisotopic (exact) mass is 220 g/mol. The molecule has 88 valence electrons. The summed E-state index contributed by atoms with van der Waals surface area (Å²) in [6, 6.07) is 2.11. The molecule has 2 rings (SSSR count). The van der Waals surface area contributed by atoms with E-state index in [1.807, 2.05) is 26.2 Å². The third-order valence-corrected chi connectivity index (χ3v) is 2.87. The standard InChI is InChI=1S/C13H20N2O/c1-13(2,16)10-15-7-4-11(5-8-15)12-3-6-14-9-12/h3-4,6,9,14,16H,5,7-8,10H2,1-2H3. The van der Waals surface area contributed by atoms with Crippen LogP contribution in [0.25, 0.3) is 5.57 Å². The van der Waals surface area contributed by atoms with E-state index < -0.39 is 5.60 Å². The molecule has 2 N–H and O–H groups in total. The largest absolute Gasteiger partial charge is 0.389 e. The first-order chi connectivity index (χ1) is 7.54. The van der Waals surface area contributed by atoms with Crippen LogP contribution in [0.3, 0.4) is 0 Å². The fraction of sp³-hybridized carbons (Fsp3) is 0.538. The van der Waals surface area contributed by atoms with E-state index in [2.05, 4.69) is 22.0 Å². The molecule has 0 amide bonds. The van der Waals surface area contributed by atoms with Gasteiger partial charge in [-0.1, -0.05) is 6.08 Å². The van der Waals surface area contributed by atoms with Gasteiger partial charge in [0.1, 0.15) is 0 Å². The second-order valence-corrected chi connectivity index (χ2v) is 5.13. The van der Waals surface area contributed by atoms with Crippen molar-refractivity contribution in [3.63, 3.8) is 0 Å². The summed E-state index contributed by atoms with van der Waals surface area (Å²) in [4.78, 5) is 5.37. The highest BCUT2D eigenvalue weighted by Crippen LogP contribution is 2.22. The number of aliphatic hydroxyl groups is 1. The predicted octanol–water partition coefficient (Wildman–Crippen LogP) is 1.87. The number of aromatic amines is 1. The predicted molar refractivity (Wildman–Crippen MR) is 66.1 cm³/mol. The third kappa shape index (κ3) is 2.97. The van der Waals surface area contributed by atoms with Gasteiger partial charge in [-0.3, -0.25) is 4.90 Å². The van der Waals surface area contributed by atoms with E-state index in [0.717, 1.165) is 26.1 Å². The Hall–Kier alpha value is -1.06. The lowest BCUT2D eigenvalue weighted by Gasteiger charge is -2.31. The Morgan fingerprint density at radius 2 is 2.31 bits per heavy atom. The molecule has 0 saturated heterocycles. The van der Waals surface area contributed by atoms with Crippen LogP contribution in [-0.2, 0) is 0 Å². The number of hydrogen-bond donors (Lipinski definition) is 2. The summed E-state index contributed by atoms with van der Waals surface area (Å²) in [6.45, 7) is 6.42. The molecule has 16 heavy (non-hydrogen) atoms. The third-order valence-electron chi connectivity index (χ3n) is 2.87. The topological polar surface area (TPSA) is 39.3 Å². The SMILES string of the molecule is CC(C)(O)CN1CC=C(c2cc[nH]c2)CC1. The van der Waals surface area contributed by atoms with Crippen LogP contribution >= 0.6 is 0 Å². The molecule has 0 spiro atoms. The molecular weight excluding hydrogens is 200 g/mol. The van der Waals surface area contributed by atoms with Crippen LogP contribution in [-0.4, -0.2) is 40.2 Å². The Balaban J connectivity index is 1.95. The summed E-state index contributed by atoms with van der Waals surface area (Å²) in [5.74, 6) is 0. The zero-order chi connectivity index (χ0) is 11.6. The Labute approximate surface area is 96.8 Å². The lowest BCUT2D eigenvalue weighted by Crippen LogP contribution is -2.40. The van der Waals surface area contributed by atoms with Crippen LogP contribution in [0.15, 0.2) is 24.5 Å². The second-order valence-electron chi connectivity index (χ2n) is 5.13. The van der Waals surface area contributed by atoms with Crippen LogP contribution in [0.5, 0.6) is 0 Å². The smallest absolute Gasteiger partial charge is 0.0718 e. The van der Waals surface area contributed by atoms with Crippen LogP contribution in [0, 0.1) is 0 Å². The molecule has 0 bridgehead atoms. The number of rotatable bonds is 3. The van der Waals surface area contributed by atoms with Gasteiger partial charge in [0.05, 0.1) is 5.60 Å². The van der Waals surface area contributed by atoms with Gasteiger partial charge in [0.2, 0.25) is 0 Å². The van der Waals surface area contributed by atoms with E-state index in [0.29, 0.717) is 0 Å². The highest BCUT2D eigenvalue weighted by molar-refractivity contribution is 5.65. The summed E-state index contributed by atoms with van der Waals surface area (Å²) in [5.41, 5.74) is 2.11. The maximum absolute atomic E-state index is 9.75. The first-order valence-electron chi connectivity index (χ1n) is 5.81. The number of H-pyrrole nitrogens is 1. The highest BCUT2D eigenvalue weighted by Gasteiger charge is 2.20. The van der Waals surface area contributed by atoms with Crippen molar-refractivity contribution in [3.8, 4) is 0 Å². The quantitative estimate of drug-likeness (QED) is 0.816. The number of aromatic nitrogens is 1.